The Morgan fingerprint density at radius 1 is 1.40 bits per heavy atom. The zero-order valence-electron chi connectivity index (χ0n) is 9.87. The minimum atomic E-state index is 0.261. The van der Waals surface area contributed by atoms with Crippen LogP contribution in [0.2, 0.25) is 0 Å². The van der Waals surface area contributed by atoms with E-state index in [9.17, 15) is 0 Å². The average molecular weight is 225 g/mol. The molecule has 1 heterocycles. The summed E-state index contributed by atoms with van der Waals surface area (Å²) in [5.41, 5.74) is 0. The second-order valence-corrected chi connectivity index (χ2v) is 6.09. The molecule has 84 valence electrons. The summed E-state index contributed by atoms with van der Waals surface area (Å²) in [6.45, 7) is 9.55. The van der Waals surface area contributed by atoms with E-state index in [4.69, 9.17) is 0 Å². The standard InChI is InChI=1S/C11H19N3S/c1-5-12-9-6-7-13-10(14-9)8-15-11(2,3)4/h6-7H,5,8H2,1-4H3,(H,12,13,14). The SMILES string of the molecule is CCNc1ccnc(CSC(C)(C)C)n1. The van der Waals surface area contributed by atoms with Gasteiger partial charge in [-0.1, -0.05) is 20.8 Å². The summed E-state index contributed by atoms with van der Waals surface area (Å²) >= 11 is 1.86. The molecule has 0 unspecified atom stereocenters. The topological polar surface area (TPSA) is 37.8 Å². The maximum absolute atomic E-state index is 4.42. The Labute approximate surface area is 96.1 Å². The van der Waals surface area contributed by atoms with Crippen LogP contribution in [0.4, 0.5) is 5.82 Å². The molecule has 3 nitrogen and oxygen atoms in total. The lowest BCUT2D eigenvalue weighted by Crippen LogP contribution is -2.09. The number of anilines is 1. The van der Waals surface area contributed by atoms with Gasteiger partial charge in [-0.15, -0.1) is 11.8 Å². The van der Waals surface area contributed by atoms with Crippen LogP contribution in [0.1, 0.15) is 33.5 Å². The highest BCUT2D eigenvalue weighted by atomic mass is 32.2. The molecule has 0 radical (unpaired) electrons. The van der Waals surface area contributed by atoms with Crippen molar-refractivity contribution in [1.82, 2.24) is 9.97 Å². The van der Waals surface area contributed by atoms with Crippen LogP contribution >= 0.6 is 11.8 Å². The van der Waals surface area contributed by atoms with Crippen LogP contribution in [0.3, 0.4) is 0 Å². The van der Waals surface area contributed by atoms with E-state index < -0.39 is 0 Å². The van der Waals surface area contributed by atoms with Gasteiger partial charge in [-0.2, -0.15) is 0 Å². The first-order valence-corrected chi connectivity index (χ1v) is 6.19. The Balaban J connectivity index is 2.57. The van der Waals surface area contributed by atoms with Crippen molar-refractivity contribution in [2.24, 2.45) is 0 Å². The number of nitrogens with zero attached hydrogens (tertiary/aromatic N) is 2. The van der Waals surface area contributed by atoms with Gasteiger partial charge in [-0.25, -0.2) is 9.97 Å². The summed E-state index contributed by atoms with van der Waals surface area (Å²) in [6, 6.07) is 1.90. The van der Waals surface area contributed by atoms with Crippen molar-refractivity contribution in [3.8, 4) is 0 Å². The molecule has 0 bridgehead atoms. The van der Waals surface area contributed by atoms with Gasteiger partial charge in [0.25, 0.3) is 0 Å². The van der Waals surface area contributed by atoms with Crippen LogP contribution in [0.15, 0.2) is 12.3 Å². The molecule has 0 fully saturated rings. The molecule has 0 aliphatic heterocycles. The molecule has 0 saturated carbocycles. The van der Waals surface area contributed by atoms with Crippen LogP contribution in [0.5, 0.6) is 0 Å². The minimum Gasteiger partial charge on any atom is -0.370 e. The largest absolute Gasteiger partial charge is 0.370 e. The Kier molecular flexibility index (Phi) is 4.39. The normalized spacial score (nSPS) is 11.5. The van der Waals surface area contributed by atoms with Gasteiger partial charge in [0, 0.05) is 17.5 Å². The van der Waals surface area contributed by atoms with E-state index in [-0.39, 0.29) is 4.75 Å². The van der Waals surface area contributed by atoms with E-state index in [1.54, 1.807) is 0 Å². The lowest BCUT2D eigenvalue weighted by molar-refractivity contribution is 0.800. The molecule has 0 aliphatic carbocycles. The number of hydrogen-bond acceptors (Lipinski definition) is 4. The Morgan fingerprint density at radius 3 is 2.73 bits per heavy atom. The monoisotopic (exact) mass is 225 g/mol. The Hall–Kier alpha value is -0.770. The summed E-state index contributed by atoms with van der Waals surface area (Å²) in [5.74, 6) is 2.67. The third-order valence-electron chi connectivity index (χ3n) is 1.70. The molecule has 1 N–H and O–H groups in total. The first kappa shape index (κ1) is 12.3. The van der Waals surface area contributed by atoms with Crippen LogP contribution in [0.25, 0.3) is 0 Å². The lowest BCUT2D eigenvalue weighted by Gasteiger charge is -2.16. The molecule has 4 heteroatoms. The minimum absolute atomic E-state index is 0.261. The summed E-state index contributed by atoms with van der Waals surface area (Å²) in [4.78, 5) is 8.68. The van der Waals surface area contributed by atoms with E-state index in [1.807, 2.05) is 24.0 Å². The molecule has 0 spiro atoms. The highest BCUT2D eigenvalue weighted by molar-refractivity contribution is 7.99. The fourth-order valence-electron chi connectivity index (χ4n) is 1.03. The first-order chi connectivity index (χ1) is 7.01. The second kappa shape index (κ2) is 5.35. The van der Waals surface area contributed by atoms with Gasteiger partial charge >= 0.3 is 0 Å². The van der Waals surface area contributed by atoms with Gasteiger partial charge in [0.2, 0.25) is 0 Å². The van der Waals surface area contributed by atoms with Crippen LogP contribution in [-0.4, -0.2) is 21.3 Å². The van der Waals surface area contributed by atoms with Crippen molar-refractivity contribution < 1.29 is 0 Å². The van der Waals surface area contributed by atoms with E-state index in [0.29, 0.717) is 0 Å². The van der Waals surface area contributed by atoms with Gasteiger partial charge < -0.3 is 5.32 Å². The molecule has 15 heavy (non-hydrogen) atoms. The fraction of sp³-hybridized carbons (Fsp3) is 0.636. The Morgan fingerprint density at radius 2 is 2.13 bits per heavy atom. The van der Waals surface area contributed by atoms with Crippen LogP contribution in [0, 0.1) is 0 Å². The maximum Gasteiger partial charge on any atom is 0.140 e. The number of nitrogens with one attached hydrogen (secondary N) is 1. The first-order valence-electron chi connectivity index (χ1n) is 5.21. The van der Waals surface area contributed by atoms with Gasteiger partial charge in [-0.3, -0.25) is 0 Å². The number of thioether (sulfide) groups is 1. The maximum atomic E-state index is 4.42. The van der Waals surface area contributed by atoms with Crippen molar-refractivity contribution in [1.29, 1.82) is 0 Å². The molecule has 1 aromatic rings. The molecular formula is C11H19N3S. The highest BCUT2D eigenvalue weighted by Crippen LogP contribution is 2.25. The van der Waals surface area contributed by atoms with Crippen molar-refractivity contribution in [3.05, 3.63) is 18.1 Å². The fourth-order valence-corrected chi connectivity index (χ4v) is 1.73. The summed E-state index contributed by atoms with van der Waals surface area (Å²) in [7, 11) is 0. The van der Waals surface area contributed by atoms with Gasteiger partial charge in [0.1, 0.15) is 11.6 Å². The molecule has 0 saturated heterocycles. The number of aromatic nitrogens is 2. The lowest BCUT2D eigenvalue weighted by atomic mass is 10.3. The quantitative estimate of drug-likeness (QED) is 0.855. The molecular weight excluding hydrogens is 206 g/mol. The molecule has 0 aliphatic rings. The predicted molar refractivity (Wildman–Crippen MR) is 67.2 cm³/mol. The average Bonchev–Trinajstić information content (AvgIpc) is 2.15. The smallest absolute Gasteiger partial charge is 0.140 e. The van der Waals surface area contributed by atoms with E-state index >= 15 is 0 Å². The summed E-state index contributed by atoms with van der Waals surface area (Å²) < 4.78 is 0.261. The molecule has 0 amide bonds. The predicted octanol–water partition coefficient (Wildman–Crippen LogP) is 2.94. The van der Waals surface area contributed by atoms with Crippen LogP contribution < -0.4 is 5.32 Å². The molecule has 1 aromatic heterocycles. The van der Waals surface area contributed by atoms with Crippen molar-refractivity contribution in [2.75, 3.05) is 11.9 Å². The van der Waals surface area contributed by atoms with E-state index in [1.165, 1.54) is 0 Å². The van der Waals surface area contributed by atoms with Gasteiger partial charge in [0.05, 0.1) is 5.75 Å². The van der Waals surface area contributed by atoms with Crippen molar-refractivity contribution >= 4 is 17.6 Å². The molecule has 1 rings (SSSR count). The third-order valence-corrected chi connectivity index (χ3v) is 2.97. The number of hydrogen-bond donors (Lipinski definition) is 1. The zero-order valence-corrected chi connectivity index (χ0v) is 10.7. The summed E-state index contributed by atoms with van der Waals surface area (Å²) in [6.07, 6.45) is 1.81. The Bertz CT molecular complexity index is 307. The van der Waals surface area contributed by atoms with Crippen LogP contribution in [-0.2, 0) is 5.75 Å². The summed E-state index contributed by atoms with van der Waals surface area (Å²) in [5, 5.41) is 3.18. The number of rotatable bonds is 4. The second-order valence-electron chi connectivity index (χ2n) is 4.29. The van der Waals surface area contributed by atoms with Gasteiger partial charge in [-0.05, 0) is 13.0 Å². The zero-order chi connectivity index (χ0) is 11.3. The highest BCUT2D eigenvalue weighted by Gasteiger charge is 2.11. The van der Waals surface area contributed by atoms with E-state index in [2.05, 4.69) is 43.0 Å². The van der Waals surface area contributed by atoms with Crippen molar-refractivity contribution in [2.45, 2.75) is 38.2 Å². The molecule has 0 atom stereocenters. The van der Waals surface area contributed by atoms with E-state index in [0.717, 1.165) is 23.9 Å². The van der Waals surface area contributed by atoms with Gasteiger partial charge in [0.15, 0.2) is 0 Å². The van der Waals surface area contributed by atoms with Crippen molar-refractivity contribution in [3.63, 3.8) is 0 Å². The molecule has 0 aromatic carbocycles. The third kappa shape index (κ3) is 5.02.